The number of aromatic nitrogens is 2. The third kappa shape index (κ3) is 1.93. The largest absolute Gasteiger partial charge is 0.338 e. The van der Waals surface area contributed by atoms with Gasteiger partial charge in [0.1, 0.15) is 5.82 Å². The molecule has 0 amide bonds. The van der Waals surface area contributed by atoms with Crippen molar-refractivity contribution < 1.29 is 0 Å². The Hall–Kier alpha value is -1.33. The summed E-state index contributed by atoms with van der Waals surface area (Å²) in [5, 5.41) is 3.34. The van der Waals surface area contributed by atoms with Crippen molar-refractivity contribution in [1.82, 2.24) is 9.55 Å². The molecule has 1 aliphatic rings. The van der Waals surface area contributed by atoms with Gasteiger partial charge in [-0.15, -0.1) is 0 Å². The van der Waals surface area contributed by atoms with E-state index in [2.05, 4.69) is 42.5 Å². The molecule has 18 heavy (non-hydrogen) atoms. The summed E-state index contributed by atoms with van der Waals surface area (Å²) in [6, 6.07) is 8.55. The average Bonchev–Trinajstić information content (AvgIpc) is 2.35. The fourth-order valence-corrected chi connectivity index (χ4v) is 3.22. The highest BCUT2D eigenvalue weighted by Crippen LogP contribution is 2.42. The molecule has 0 saturated carbocycles. The molecular formula is C13H13N3S2. The summed E-state index contributed by atoms with van der Waals surface area (Å²) in [7, 11) is 0. The van der Waals surface area contributed by atoms with E-state index >= 15 is 0 Å². The van der Waals surface area contributed by atoms with Crippen LogP contribution >= 0.6 is 24.0 Å². The molecular weight excluding hydrogens is 262 g/mol. The van der Waals surface area contributed by atoms with Gasteiger partial charge in [-0.25, -0.2) is 4.98 Å². The normalized spacial score (nSPS) is 12.8. The predicted octanol–water partition coefficient (Wildman–Crippen LogP) is 4.40. The minimum atomic E-state index is 0.327. The third-order valence-electron chi connectivity index (χ3n) is 2.83. The number of fused-ring (bicyclic) bond motifs is 2. The molecule has 3 rings (SSSR count). The quantitative estimate of drug-likeness (QED) is 0.667. The van der Waals surface area contributed by atoms with Crippen LogP contribution in [0.3, 0.4) is 0 Å². The van der Waals surface area contributed by atoms with Crippen molar-refractivity contribution in [3.8, 4) is 0 Å². The summed E-state index contributed by atoms with van der Waals surface area (Å²) in [6.45, 7) is 4.22. The Labute approximate surface area is 115 Å². The highest BCUT2D eigenvalue weighted by molar-refractivity contribution is 7.99. The lowest BCUT2D eigenvalue weighted by atomic mass is 10.3. The molecule has 3 nitrogen and oxygen atoms in total. The van der Waals surface area contributed by atoms with Gasteiger partial charge < -0.3 is 9.88 Å². The molecule has 0 unspecified atom stereocenters. The van der Waals surface area contributed by atoms with Gasteiger partial charge in [0.05, 0.1) is 10.6 Å². The van der Waals surface area contributed by atoms with Gasteiger partial charge in [0, 0.05) is 17.1 Å². The highest BCUT2D eigenvalue weighted by Gasteiger charge is 2.17. The molecule has 1 aliphatic heterocycles. The molecule has 0 fully saturated rings. The number of rotatable bonds is 1. The zero-order chi connectivity index (χ0) is 12.7. The number of benzene rings is 1. The maximum absolute atomic E-state index is 5.31. The van der Waals surface area contributed by atoms with E-state index in [1.807, 2.05) is 16.7 Å². The molecule has 0 aliphatic carbocycles. The SMILES string of the molecule is CC(C)n1cc2c(nc1=S)Nc1ccccc1S2. The Balaban J connectivity index is 2.11. The first-order valence-electron chi connectivity index (χ1n) is 5.82. The molecule has 1 aromatic heterocycles. The molecule has 5 heteroatoms. The van der Waals surface area contributed by atoms with Crippen molar-refractivity contribution in [2.75, 3.05) is 5.32 Å². The fourth-order valence-electron chi connectivity index (χ4n) is 1.89. The Morgan fingerprint density at radius 1 is 1.28 bits per heavy atom. The van der Waals surface area contributed by atoms with Crippen molar-refractivity contribution in [1.29, 1.82) is 0 Å². The van der Waals surface area contributed by atoms with E-state index in [4.69, 9.17) is 12.2 Å². The van der Waals surface area contributed by atoms with Gasteiger partial charge in [-0.05, 0) is 38.2 Å². The summed E-state index contributed by atoms with van der Waals surface area (Å²) in [6.07, 6.45) is 2.09. The maximum atomic E-state index is 5.31. The molecule has 0 spiro atoms. The molecule has 2 heterocycles. The van der Waals surface area contributed by atoms with Gasteiger partial charge in [-0.3, -0.25) is 0 Å². The molecule has 0 bridgehead atoms. The van der Waals surface area contributed by atoms with Crippen LogP contribution in [0.2, 0.25) is 0 Å². The van der Waals surface area contributed by atoms with Crippen molar-refractivity contribution >= 4 is 35.5 Å². The molecule has 0 atom stereocenters. The molecule has 0 radical (unpaired) electrons. The molecule has 1 N–H and O–H groups in total. The number of para-hydroxylation sites is 1. The minimum Gasteiger partial charge on any atom is -0.338 e. The maximum Gasteiger partial charge on any atom is 0.201 e. The summed E-state index contributed by atoms with van der Waals surface area (Å²) >= 11 is 7.05. The predicted molar refractivity (Wildman–Crippen MR) is 77.3 cm³/mol. The standard InChI is InChI=1S/C13H13N3S2/c1-8(2)16-7-11-12(15-13(16)17)14-9-5-3-4-6-10(9)18-11/h3-8H,1-2H3,(H,14,15,17). The first-order chi connectivity index (χ1) is 8.65. The lowest BCUT2D eigenvalue weighted by Crippen LogP contribution is -2.10. The number of hydrogen-bond donors (Lipinski definition) is 1. The number of nitrogens with one attached hydrogen (secondary N) is 1. The monoisotopic (exact) mass is 275 g/mol. The zero-order valence-electron chi connectivity index (χ0n) is 10.2. The summed E-state index contributed by atoms with van der Waals surface area (Å²) in [5.74, 6) is 0.862. The van der Waals surface area contributed by atoms with Crippen LogP contribution in [-0.4, -0.2) is 9.55 Å². The number of hydrogen-bond acceptors (Lipinski definition) is 4. The van der Waals surface area contributed by atoms with E-state index < -0.39 is 0 Å². The topological polar surface area (TPSA) is 29.9 Å². The van der Waals surface area contributed by atoms with E-state index in [1.165, 1.54) is 4.90 Å². The molecule has 2 aromatic rings. The van der Waals surface area contributed by atoms with E-state index in [1.54, 1.807) is 11.8 Å². The van der Waals surface area contributed by atoms with Crippen LogP contribution in [0.15, 0.2) is 40.3 Å². The van der Waals surface area contributed by atoms with Crippen LogP contribution in [-0.2, 0) is 0 Å². The second-order valence-corrected chi connectivity index (χ2v) is 5.91. The average molecular weight is 275 g/mol. The van der Waals surface area contributed by atoms with E-state index in [-0.39, 0.29) is 0 Å². The number of anilines is 2. The van der Waals surface area contributed by atoms with Crippen molar-refractivity contribution in [2.45, 2.75) is 29.7 Å². The van der Waals surface area contributed by atoms with E-state index in [9.17, 15) is 0 Å². The van der Waals surface area contributed by atoms with Crippen LogP contribution in [0.5, 0.6) is 0 Å². The Bertz CT molecular complexity index is 662. The van der Waals surface area contributed by atoms with Gasteiger partial charge >= 0.3 is 0 Å². The van der Waals surface area contributed by atoms with Crippen LogP contribution in [0, 0.1) is 4.77 Å². The third-order valence-corrected chi connectivity index (χ3v) is 4.23. The molecule has 92 valence electrons. The lowest BCUT2D eigenvalue weighted by molar-refractivity contribution is 0.570. The minimum absolute atomic E-state index is 0.327. The molecule has 1 aromatic carbocycles. The Morgan fingerprint density at radius 3 is 2.83 bits per heavy atom. The zero-order valence-corrected chi connectivity index (χ0v) is 11.8. The summed E-state index contributed by atoms with van der Waals surface area (Å²) < 4.78 is 2.65. The van der Waals surface area contributed by atoms with Crippen LogP contribution in [0.25, 0.3) is 0 Å². The van der Waals surface area contributed by atoms with Crippen LogP contribution < -0.4 is 5.32 Å². The molecule has 0 saturated heterocycles. The van der Waals surface area contributed by atoms with Gasteiger partial charge in [0.15, 0.2) is 0 Å². The highest BCUT2D eigenvalue weighted by atomic mass is 32.2. The summed E-state index contributed by atoms with van der Waals surface area (Å²) in [5.41, 5.74) is 1.10. The van der Waals surface area contributed by atoms with Crippen LogP contribution in [0.4, 0.5) is 11.5 Å². The van der Waals surface area contributed by atoms with Crippen molar-refractivity contribution in [3.05, 3.63) is 35.2 Å². The van der Waals surface area contributed by atoms with E-state index in [0.29, 0.717) is 10.8 Å². The fraction of sp³-hybridized carbons (Fsp3) is 0.231. The lowest BCUT2D eigenvalue weighted by Gasteiger charge is -2.21. The first kappa shape index (κ1) is 11.7. The summed E-state index contributed by atoms with van der Waals surface area (Å²) in [4.78, 5) is 6.82. The van der Waals surface area contributed by atoms with E-state index in [0.717, 1.165) is 16.4 Å². The van der Waals surface area contributed by atoms with Gasteiger partial charge in [-0.1, -0.05) is 23.9 Å². The smallest absolute Gasteiger partial charge is 0.201 e. The van der Waals surface area contributed by atoms with Crippen molar-refractivity contribution in [3.63, 3.8) is 0 Å². The second kappa shape index (κ2) is 4.40. The van der Waals surface area contributed by atoms with Gasteiger partial charge in [0.25, 0.3) is 0 Å². The van der Waals surface area contributed by atoms with Gasteiger partial charge in [0.2, 0.25) is 4.77 Å². The Morgan fingerprint density at radius 2 is 2.06 bits per heavy atom. The first-order valence-corrected chi connectivity index (χ1v) is 7.05. The van der Waals surface area contributed by atoms with Crippen molar-refractivity contribution in [2.24, 2.45) is 0 Å². The van der Waals surface area contributed by atoms with Crippen LogP contribution in [0.1, 0.15) is 19.9 Å². The number of nitrogens with zero attached hydrogens (tertiary/aromatic N) is 2. The Kier molecular flexibility index (Phi) is 2.87. The van der Waals surface area contributed by atoms with Gasteiger partial charge in [-0.2, -0.15) is 0 Å². The second-order valence-electron chi connectivity index (χ2n) is 4.46.